The topological polar surface area (TPSA) is 66.0 Å². The number of nitrogens with two attached hydrogens (primary N) is 2. The van der Waals surface area contributed by atoms with Gasteiger partial charge in [-0.15, -0.1) is 0 Å². The summed E-state index contributed by atoms with van der Waals surface area (Å²) in [5.74, 6) is 0. The Balaban J connectivity index is 3.75. The maximum Gasteiger partial charge on any atom is 0.285 e. The summed E-state index contributed by atoms with van der Waals surface area (Å²) in [6, 6.07) is 0. The lowest BCUT2D eigenvalue weighted by molar-refractivity contribution is -0.309. The van der Waals surface area contributed by atoms with Gasteiger partial charge in [-0.2, -0.15) is 0 Å². The van der Waals surface area contributed by atoms with E-state index in [0.29, 0.717) is 5.17 Å². The maximum absolute atomic E-state index is 5.27. The van der Waals surface area contributed by atoms with E-state index in [1.807, 2.05) is 6.26 Å². The number of hydrogen-bond donors (Lipinski definition) is 3. The molecular weight excluding hydrogens is 142 g/mol. The van der Waals surface area contributed by atoms with E-state index < -0.39 is 0 Å². The van der Waals surface area contributed by atoms with Crippen LogP contribution in [0.2, 0.25) is 0 Å². The predicted octanol–water partition coefficient (Wildman–Crippen LogP) is -2.01. The lowest BCUT2D eigenvalue weighted by Crippen LogP contribution is -2.80. The first-order valence-electron chi connectivity index (χ1n) is 1.89. The molecular formula is C3H8N3S2+. The van der Waals surface area contributed by atoms with Crippen molar-refractivity contribution in [2.24, 2.45) is 11.5 Å². The van der Waals surface area contributed by atoms with Crippen molar-refractivity contribution in [1.29, 1.82) is 0 Å². The van der Waals surface area contributed by atoms with Crippen LogP contribution >= 0.6 is 24.0 Å². The molecule has 0 aliphatic heterocycles. The van der Waals surface area contributed by atoms with Crippen LogP contribution in [0.4, 0.5) is 0 Å². The van der Waals surface area contributed by atoms with Crippen LogP contribution in [0.5, 0.6) is 0 Å². The third-order valence-corrected chi connectivity index (χ3v) is 1.11. The largest absolute Gasteiger partial charge is 0.313 e. The molecule has 0 heterocycles. The number of thioether (sulfide) groups is 1. The Morgan fingerprint density at radius 1 is 1.62 bits per heavy atom. The Kier molecular flexibility index (Phi) is 3.55. The molecule has 0 rings (SSSR count). The van der Waals surface area contributed by atoms with Gasteiger partial charge in [-0.1, -0.05) is 11.8 Å². The summed E-state index contributed by atoms with van der Waals surface area (Å²) in [7, 11) is 0. The summed E-state index contributed by atoms with van der Waals surface area (Å²) in [6.45, 7) is 0. The first-order chi connectivity index (χ1) is 3.66. The van der Waals surface area contributed by atoms with Gasteiger partial charge in [0, 0.05) is 0 Å². The van der Waals surface area contributed by atoms with Gasteiger partial charge in [0.15, 0.2) is 0 Å². The number of nitrogens with one attached hydrogen (secondary N) is 1. The second kappa shape index (κ2) is 3.68. The fourth-order valence-electron chi connectivity index (χ4n) is 0.172. The van der Waals surface area contributed by atoms with E-state index in [9.17, 15) is 0 Å². The minimum atomic E-state index is 0.205. The number of thiocarbonyl (C=S) groups is 1. The number of rotatable bonds is 0. The third-order valence-electron chi connectivity index (χ3n) is 0.466. The molecule has 3 nitrogen and oxygen atoms in total. The average Bonchev–Trinajstić information content (AvgIpc) is 1.65. The van der Waals surface area contributed by atoms with Crippen LogP contribution in [0.25, 0.3) is 0 Å². The lowest BCUT2D eigenvalue weighted by Gasteiger charge is -1.84. The highest BCUT2D eigenvalue weighted by atomic mass is 32.2. The van der Waals surface area contributed by atoms with Crippen molar-refractivity contribution in [3.8, 4) is 0 Å². The zero-order chi connectivity index (χ0) is 6.57. The van der Waals surface area contributed by atoms with Gasteiger partial charge in [0.05, 0.1) is 0 Å². The molecule has 0 unspecified atom stereocenters. The average molecular weight is 150 g/mol. The molecule has 46 valence electrons. The Labute approximate surface area is 57.5 Å². The summed E-state index contributed by atoms with van der Waals surface area (Å²) in [6.07, 6.45) is 1.83. The van der Waals surface area contributed by atoms with Crippen LogP contribution in [0.3, 0.4) is 0 Å². The second-order valence-corrected chi connectivity index (χ2v) is 2.35. The molecule has 0 aromatic rings. The fraction of sp³-hybridized carbons (Fsp3) is 0.333. The summed E-state index contributed by atoms with van der Waals surface area (Å²) in [4.78, 5) is 2.56. The van der Waals surface area contributed by atoms with E-state index in [1.54, 1.807) is 0 Å². The molecule has 0 aliphatic carbocycles. The Morgan fingerprint density at radius 3 is 2.25 bits per heavy atom. The molecule has 0 atom stereocenters. The normalized spacial score (nSPS) is 11.4. The van der Waals surface area contributed by atoms with Crippen molar-refractivity contribution in [2.75, 3.05) is 6.26 Å². The molecule has 5 N–H and O–H groups in total. The fourth-order valence-corrected chi connectivity index (χ4v) is 0.559. The van der Waals surface area contributed by atoms with Crippen molar-refractivity contribution >= 4 is 34.3 Å². The van der Waals surface area contributed by atoms with Crippen molar-refractivity contribution in [3.63, 3.8) is 0 Å². The van der Waals surface area contributed by atoms with Crippen LogP contribution < -0.4 is 16.5 Å². The zero-order valence-electron chi connectivity index (χ0n) is 4.47. The summed E-state index contributed by atoms with van der Waals surface area (Å²) >= 11 is 5.86. The first kappa shape index (κ1) is 7.71. The molecule has 0 spiro atoms. The number of hydrogen-bond acceptors (Lipinski definition) is 2. The van der Waals surface area contributed by atoms with Crippen LogP contribution in [-0.4, -0.2) is 16.5 Å². The minimum absolute atomic E-state index is 0.205. The minimum Gasteiger partial charge on any atom is -0.313 e. The number of amidine groups is 1. The van der Waals surface area contributed by atoms with Crippen LogP contribution in [0, 0.1) is 0 Å². The molecule has 0 aromatic heterocycles. The van der Waals surface area contributed by atoms with Gasteiger partial charge in [0.2, 0.25) is 0 Å². The molecule has 0 radical (unpaired) electrons. The monoisotopic (exact) mass is 150 g/mol. The second-order valence-electron chi connectivity index (χ2n) is 1.06. The first-order valence-corrected chi connectivity index (χ1v) is 3.53. The van der Waals surface area contributed by atoms with Gasteiger partial charge >= 0.3 is 0 Å². The Morgan fingerprint density at radius 2 is 2.12 bits per heavy atom. The Hall–Kier alpha value is -0.290. The van der Waals surface area contributed by atoms with Gasteiger partial charge in [0.1, 0.15) is 0 Å². The van der Waals surface area contributed by atoms with Crippen molar-refractivity contribution in [2.45, 2.75) is 0 Å². The standard InChI is InChI=1S/C3H7N3S2/c1-8-3(5)6-2(4)7/h1H3,(H4,4,5,6,7)/p+1. The van der Waals surface area contributed by atoms with Gasteiger partial charge in [-0.3, -0.25) is 0 Å². The van der Waals surface area contributed by atoms with E-state index in [1.165, 1.54) is 11.8 Å². The lowest BCUT2D eigenvalue weighted by atomic mass is 11.1. The van der Waals surface area contributed by atoms with E-state index in [4.69, 9.17) is 11.5 Å². The van der Waals surface area contributed by atoms with Crippen LogP contribution in [0.15, 0.2) is 0 Å². The Bertz CT molecular complexity index is 120. The highest BCUT2D eigenvalue weighted by molar-refractivity contribution is 8.12. The predicted molar refractivity (Wildman–Crippen MR) is 40.5 cm³/mol. The smallest absolute Gasteiger partial charge is 0.285 e. The third kappa shape index (κ3) is 3.89. The molecule has 0 saturated carbocycles. The highest BCUT2D eigenvalue weighted by Crippen LogP contribution is 1.80. The summed E-state index contributed by atoms with van der Waals surface area (Å²) in [5.41, 5.74) is 10.4. The van der Waals surface area contributed by atoms with E-state index in [-0.39, 0.29) is 5.11 Å². The van der Waals surface area contributed by atoms with Crippen molar-refractivity contribution < 1.29 is 4.99 Å². The highest BCUT2D eigenvalue weighted by Gasteiger charge is 1.90. The van der Waals surface area contributed by atoms with Gasteiger partial charge in [0.25, 0.3) is 10.3 Å². The van der Waals surface area contributed by atoms with E-state index >= 15 is 0 Å². The van der Waals surface area contributed by atoms with Gasteiger partial charge in [-0.25, -0.2) is 4.99 Å². The molecule has 0 aliphatic rings. The molecule has 0 fully saturated rings. The van der Waals surface area contributed by atoms with E-state index in [0.717, 1.165) is 0 Å². The molecule has 0 saturated heterocycles. The van der Waals surface area contributed by atoms with Crippen molar-refractivity contribution in [1.82, 2.24) is 0 Å². The quantitative estimate of drug-likeness (QED) is 0.212. The molecule has 5 heteroatoms. The molecule has 0 amide bonds. The van der Waals surface area contributed by atoms with Gasteiger partial charge in [-0.05, 0) is 18.5 Å². The molecule has 8 heavy (non-hydrogen) atoms. The molecule has 0 aromatic carbocycles. The molecule has 0 bridgehead atoms. The van der Waals surface area contributed by atoms with E-state index in [2.05, 4.69) is 17.2 Å². The summed E-state index contributed by atoms with van der Waals surface area (Å²) in [5, 5.41) is 0.731. The SMILES string of the molecule is CSC(N)=[NH+]C(N)=S. The van der Waals surface area contributed by atoms with Crippen LogP contribution in [-0.2, 0) is 0 Å². The van der Waals surface area contributed by atoms with Crippen LogP contribution in [0.1, 0.15) is 0 Å². The zero-order valence-corrected chi connectivity index (χ0v) is 6.10. The maximum atomic E-state index is 5.27. The van der Waals surface area contributed by atoms with Gasteiger partial charge < -0.3 is 11.5 Å². The summed E-state index contributed by atoms with van der Waals surface area (Å²) < 4.78 is 0. The van der Waals surface area contributed by atoms with Crippen molar-refractivity contribution in [3.05, 3.63) is 0 Å².